The maximum atomic E-state index is 12.3. The summed E-state index contributed by atoms with van der Waals surface area (Å²) in [7, 11) is 0. The van der Waals surface area contributed by atoms with Gasteiger partial charge in [0.2, 0.25) is 5.91 Å². The van der Waals surface area contributed by atoms with Gasteiger partial charge in [-0.2, -0.15) is 5.26 Å². The summed E-state index contributed by atoms with van der Waals surface area (Å²) >= 11 is 6.87. The van der Waals surface area contributed by atoms with Gasteiger partial charge in [0.1, 0.15) is 4.75 Å². The van der Waals surface area contributed by atoms with E-state index in [0.29, 0.717) is 29.0 Å². The lowest BCUT2D eigenvalue weighted by Gasteiger charge is -2.30. The fourth-order valence-corrected chi connectivity index (χ4v) is 4.51. The van der Waals surface area contributed by atoms with E-state index in [9.17, 15) is 10.1 Å². The standard InChI is InChI=1S/C25H42N2OS2/c1-9-12-20(10-2)22(29)30-25(8,19-26)14-13-21(28)27-18-17-24(6,7)16-15-23(4,5)11-3/h9-10,12H,11,13-18H2,1-8H3,(H,27,28). The quantitative estimate of drug-likeness (QED) is 0.181. The van der Waals surface area contributed by atoms with Gasteiger partial charge in [0.25, 0.3) is 0 Å². The molecule has 0 saturated heterocycles. The average molecular weight is 451 g/mol. The van der Waals surface area contributed by atoms with E-state index in [-0.39, 0.29) is 11.3 Å². The van der Waals surface area contributed by atoms with Crippen LogP contribution in [-0.4, -0.2) is 21.4 Å². The maximum Gasteiger partial charge on any atom is 0.220 e. The summed E-state index contributed by atoms with van der Waals surface area (Å²) in [5, 5.41) is 12.7. The summed E-state index contributed by atoms with van der Waals surface area (Å²) in [6.07, 6.45) is 11.1. The number of thiocarbonyl (C=S) groups is 1. The van der Waals surface area contributed by atoms with E-state index in [1.54, 1.807) is 0 Å². The smallest absolute Gasteiger partial charge is 0.220 e. The van der Waals surface area contributed by atoms with Gasteiger partial charge in [-0.15, -0.1) is 0 Å². The molecule has 30 heavy (non-hydrogen) atoms. The fraction of sp³-hybridized carbons (Fsp3) is 0.720. The van der Waals surface area contributed by atoms with Gasteiger partial charge in [-0.25, -0.2) is 0 Å². The van der Waals surface area contributed by atoms with Crippen LogP contribution >= 0.6 is 24.0 Å². The Hall–Kier alpha value is -1.12. The molecule has 0 aliphatic carbocycles. The molecule has 0 aliphatic heterocycles. The van der Waals surface area contributed by atoms with Gasteiger partial charge in [0.05, 0.1) is 10.3 Å². The predicted octanol–water partition coefficient (Wildman–Crippen LogP) is 7.38. The third-order valence-corrected chi connectivity index (χ3v) is 7.49. The van der Waals surface area contributed by atoms with Gasteiger partial charge in [0.15, 0.2) is 0 Å². The van der Waals surface area contributed by atoms with Crippen molar-refractivity contribution in [2.45, 2.75) is 98.7 Å². The van der Waals surface area contributed by atoms with E-state index < -0.39 is 4.75 Å². The molecule has 3 nitrogen and oxygen atoms in total. The van der Waals surface area contributed by atoms with Crippen molar-refractivity contribution >= 4 is 34.1 Å². The fourth-order valence-electron chi connectivity index (χ4n) is 2.81. The molecular weight excluding hydrogens is 408 g/mol. The Bertz CT molecular complexity index is 671. The minimum Gasteiger partial charge on any atom is -0.356 e. The van der Waals surface area contributed by atoms with Crippen LogP contribution in [0.4, 0.5) is 0 Å². The molecule has 0 aromatic rings. The van der Waals surface area contributed by atoms with Crippen molar-refractivity contribution in [2.75, 3.05) is 6.54 Å². The second-order valence-corrected chi connectivity index (χ2v) is 11.9. The van der Waals surface area contributed by atoms with Crippen LogP contribution in [0.1, 0.15) is 93.9 Å². The number of hydrogen-bond acceptors (Lipinski definition) is 4. The lowest BCUT2D eigenvalue weighted by Crippen LogP contribution is -2.30. The number of carbonyl (C=O) groups is 1. The van der Waals surface area contributed by atoms with Gasteiger partial charge in [-0.05, 0) is 62.9 Å². The first kappa shape index (κ1) is 28.9. The first-order valence-corrected chi connectivity index (χ1v) is 12.3. The number of nitrogens with one attached hydrogen (secondary N) is 1. The highest BCUT2D eigenvalue weighted by Crippen LogP contribution is 2.35. The van der Waals surface area contributed by atoms with Gasteiger partial charge in [-0.3, -0.25) is 4.79 Å². The maximum absolute atomic E-state index is 12.3. The molecule has 5 heteroatoms. The Morgan fingerprint density at radius 1 is 1.07 bits per heavy atom. The van der Waals surface area contributed by atoms with Crippen LogP contribution in [0, 0.1) is 22.2 Å². The molecule has 0 aromatic heterocycles. The number of carbonyl (C=O) groups excluding carboxylic acids is 1. The van der Waals surface area contributed by atoms with Crippen LogP contribution in [0.25, 0.3) is 0 Å². The normalized spacial score (nSPS) is 15.0. The number of nitriles is 1. The third kappa shape index (κ3) is 11.9. The first-order valence-electron chi connectivity index (χ1n) is 11.0. The highest BCUT2D eigenvalue weighted by atomic mass is 32.2. The van der Waals surface area contributed by atoms with E-state index in [2.05, 4.69) is 46.0 Å². The van der Waals surface area contributed by atoms with Gasteiger partial charge in [0, 0.05) is 13.0 Å². The van der Waals surface area contributed by atoms with Crippen LogP contribution in [0.15, 0.2) is 23.8 Å². The number of thioether (sulfide) groups is 1. The van der Waals surface area contributed by atoms with Crippen LogP contribution in [0.2, 0.25) is 0 Å². The SMILES string of the molecule is CC=CC(=CC)C(=S)SC(C)(C#N)CCC(=O)NCCC(C)(C)CCC(C)(C)CC. The van der Waals surface area contributed by atoms with Crippen molar-refractivity contribution in [1.29, 1.82) is 5.26 Å². The zero-order valence-electron chi connectivity index (χ0n) is 20.4. The largest absolute Gasteiger partial charge is 0.356 e. The lowest BCUT2D eigenvalue weighted by molar-refractivity contribution is -0.121. The van der Waals surface area contributed by atoms with E-state index in [0.717, 1.165) is 18.4 Å². The van der Waals surface area contributed by atoms with Gasteiger partial charge in [-0.1, -0.05) is 83.2 Å². The molecule has 0 aromatic carbocycles. The van der Waals surface area contributed by atoms with Gasteiger partial charge < -0.3 is 5.32 Å². The summed E-state index contributed by atoms with van der Waals surface area (Å²) in [5.74, 6) is 0.00684. The van der Waals surface area contributed by atoms with Crippen molar-refractivity contribution < 1.29 is 4.79 Å². The summed E-state index contributed by atoms with van der Waals surface area (Å²) in [5.41, 5.74) is 1.52. The molecule has 0 aliphatic rings. The van der Waals surface area contributed by atoms with E-state index in [1.165, 1.54) is 24.6 Å². The van der Waals surface area contributed by atoms with Crippen LogP contribution in [0.3, 0.4) is 0 Å². The lowest BCUT2D eigenvalue weighted by atomic mass is 9.76. The third-order valence-electron chi connectivity index (χ3n) is 5.84. The highest BCUT2D eigenvalue weighted by Gasteiger charge is 2.28. The van der Waals surface area contributed by atoms with E-state index in [4.69, 9.17) is 12.2 Å². The van der Waals surface area contributed by atoms with Crippen molar-refractivity contribution in [3.8, 4) is 6.07 Å². The first-order chi connectivity index (χ1) is 13.8. The van der Waals surface area contributed by atoms with Crippen molar-refractivity contribution in [2.24, 2.45) is 10.8 Å². The Labute approximate surface area is 195 Å². The van der Waals surface area contributed by atoms with Crippen molar-refractivity contribution in [3.05, 3.63) is 23.8 Å². The summed E-state index contributed by atoms with van der Waals surface area (Å²) in [6, 6.07) is 2.35. The molecule has 1 amide bonds. The zero-order valence-corrected chi connectivity index (χ0v) is 22.0. The Morgan fingerprint density at radius 2 is 1.67 bits per heavy atom. The van der Waals surface area contributed by atoms with E-state index >= 15 is 0 Å². The number of amides is 1. The number of nitrogens with zero attached hydrogens (tertiary/aromatic N) is 1. The second-order valence-electron chi connectivity index (χ2n) is 9.76. The Morgan fingerprint density at radius 3 is 2.17 bits per heavy atom. The van der Waals surface area contributed by atoms with Crippen molar-refractivity contribution in [1.82, 2.24) is 5.32 Å². The minimum absolute atomic E-state index is 0.00684. The minimum atomic E-state index is -0.713. The van der Waals surface area contributed by atoms with Crippen LogP contribution in [0.5, 0.6) is 0 Å². The summed E-state index contributed by atoms with van der Waals surface area (Å²) in [4.78, 5) is 12.3. The molecule has 0 fully saturated rings. The number of allylic oxidation sites excluding steroid dienone is 3. The molecular formula is C25H42N2OS2. The monoisotopic (exact) mass is 450 g/mol. The summed E-state index contributed by atoms with van der Waals surface area (Å²) in [6.45, 7) is 17.8. The zero-order chi connectivity index (χ0) is 23.4. The molecule has 1 unspecified atom stereocenters. The molecule has 0 radical (unpaired) electrons. The average Bonchev–Trinajstić information content (AvgIpc) is 2.69. The molecule has 0 saturated carbocycles. The molecule has 1 N–H and O–H groups in total. The summed E-state index contributed by atoms with van der Waals surface area (Å²) < 4.78 is -0.0215. The molecule has 170 valence electrons. The van der Waals surface area contributed by atoms with E-state index in [1.807, 2.05) is 39.0 Å². The molecule has 0 bridgehead atoms. The van der Waals surface area contributed by atoms with Crippen LogP contribution in [-0.2, 0) is 4.79 Å². The topological polar surface area (TPSA) is 52.9 Å². The molecule has 0 spiro atoms. The van der Waals surface area contributed by atoms with Crippen molar-refractivity contribution in [3.63, 3.8) is 0 Å². The molecule has 0 heterocycles. The number of hydrogen-bond donors (Lipinski definition) is 1. The van der Waals surface area contributed by atoms with Gasteiger partial charge >= 0.3 is 0 Å². The molecule has 1 atom stereocenters. The predicted molar refractivity (Wildman–Crippen MR) is 137 cm³/mol. The highest BCUT2D eigenvalue weighted by molar-refractivity contribution is 8.24. The second kappa shape index (κ2) is 13.3. The Balaban J connectivity index is 4.54. The number of rotatable bonds is 13. The van der Waals surface area contributed by atoms with Crippen LogP contribution < -0.4 is 5.32 Å². The molecule has 0 rings (SSSR count). The Kier molecular flexibility index (Phi) is 12.8.